The molecule has 0 unspecified atom stereocenters. The maximum Gasteiger partial charge on any atom is 0.256 e. The maximum atomic E-state index is 12.3. The van der Waals surface area contributed by atoms with Crippen LogP contribution < -0.4 is 5.32 Å². The number of fused-ring (bicyclic) bond motifs is 1. The van der Waals surface area contributed by atoms with Crippen LogP contribution in [0, 0.1) is 0 Å². The van der Waals surface area contributed by atoms with Crippen molar-refractivity contribution < 1.29 is 4.79 Å². The molecule has 26 heavy (non-hydrogen) atoms. The minimum absolute atomic E-state index is 0.234. The Bertz CT molecular complexity index is 999. The Labute approximate surface area is 156 Å². The number of anilines is 1. The molecule has 3 aromatic heterocycles. The van der Waals surface area contributed by atoms with E-state index in [9.17, 15) is 4.79 Å². The lowest BCUT2D eigenvalue weighted by Crippen LogP contribution is -2.12. The Hall–Kier alpha value is -2.99. The number of nitrogens with one attached hydrogen (secondary N) is 1. The van der Waals surface area contributed by atoms with E-state index >= 15 is 0 Å². The molecule has 0 atom stereocenters. The number of rotatable bonds is 5. The summed E-state index contributed by atoms with van der Waals surface area (Å²) in [5.41, 5.74) is 2.16. The summed E-state index contributed by atoms with van der Waals surface area (Å²) in [4.78, 5) is 27.2. The van der Waals surface area contributed by atoms with Gasteiger partial charge in [0.2, 0.25) is 0 Å². The summed E-state index contributed by atoms with van der Waals surface area (Å²) in [6.07, 6.45) is 6.87. The van der Waals surface area contributed by atoms with E-state index in [4.69, 9.17) is 4.98 Å². The minimum atomic E-state index is -0.234. The summed E-state index contributed by atoms with van der Waals surface area (Å²) >= 11 is 1.59. The molecule has 3 aromatic rings. The van der Waals surface area contributed by atoms with Gasteiger partial charge in [-0.05, 0) is 43.0 Å². The zero-order chi connectivity index (χ0) is 18.5. The van der Waals surface area contributed by atoms with E-state index in [2.05, 4.69) is 21.9 Å². The average Bonchev–Trinajstić information content (AvgIpc) is 2.66. The molecule has 0 spiro atoms. The predicted octanol–water partition coefficient (Wildman–Crippen LogP) is 4.90. The Morgan fingerprint density at radius 1 is 1.23 bits per heavy atom. The van der Waals surface area contributed by atoms with Crippen molar-refractivity contribution in [2.45, 2.75) is 13.8 Å². The molecule has 130 valence electrons. The summed E-state index contributed by atoms with van der Waals surface area (Å²) in [7, 11) is 0. The highest BCUT2D eigenvalue weighted by Gasteiger charge is 2.09. The zero-order valence-corrected chi connectivity index (χ0v) is 15.4. The van der Waals surface area contributed by atoms with Crippen molar-refractivity contribution in [3.8, 4) is 0 Å². The van der Waals surface area contributed by atoms with Gasteiger partial charge in [0.05, 0.1) is 11.2 Å². The van der Waals surface area contributed by atoms with Gasteiger partial charge in [0.1, 0.15) is 5.82 Å². The number of amides is 1. The number of carbonyl (C=O) groups is 1. The Morgan fingerprint density at radius 3 is 2.69 bits per heavy atom. The van der Waals surface area contributed by atoms with Crippen LogP contribution in [0.15, 0.2) is 66.5 Å². The van der Waals surface area contributed by atoms with Crippen LogP contribution in [0.1, 0.15) is 29.9 Å². The van der Waals surface area contributed by atoms with E-state index in [1.165, 1.54) is 0 Å². The first-order valence-corrected chi connectivity index (χ1v) is 8.86. The van der Waals surface area contributed by atoms with Gasteiger partial charge in [-0.3, -0.25) is 9.78 Å². The molecule has 0 radical (unpaired) electrons. The fourth-order valence-corrected chi connectivity index (χ4v) is 3.07. The highest BCUT2D eigenvalue weighted by molar-refractivity contribution is 8.11. The Morgan fingerprint density at radius 2 is 2.00 bits per heavy atom. The monoisotopic (exact) mass is 362 g/mol. The van der Waals surface area contributed by atoms with Crippen molar-refractivity contribution in [1.82, 2.24) is 15.0 Å². The van der Waals surface area contributed by atoms with Crippen molar-refractivity contribution in [3.05, 3.63) is 77.7 Å². The van der Waals surface area contributed by atoms with Crippen LogP contribution in [0.2, 0.25) is 0 Å². The minimum Gasteiger partial charge on any atom is -0.306 e. The van der Waals surface area contributed by atoms with E-state index < -0.39 is 0 Å². The highest BCUT2D eigenvalue weighted by Crippen LogP contribution is 2.32. The number of nitrogens with zero attached hydrogens (tertiary/aromatic N) is 3. The molecule has 0 saturated carbocycles. The fraction of sp³-hybridized carbons (Fsp3) is 0.100. The lowest BCUT2D eigenvalue weighted by Gasteiger charge is -2.09. The number of pyridine rings is 3. The van der Waals surface area contributed by atoms with Gasteiger partial charge in [-0.25, -0.2) is 9.97 Å². The van der Waals surface area contributed by atoms with Gasteiger partial charge in [0, 0.05) is 40.5 Å². The van der Waals surface area contributed by atoms with Gasteiger partial charge in [0.25, 0.3) is 5.91 Å². The zero-order valence-electron chi connectivity index (χ0n) is 14.6. The van der Waals surface area contributed by atoms with E-state index in [1.54, 1.807) is 48.6 Å². The third-order valence-corrected chi connectivity index (χ3v) is 4.57. The summed E-state index contributed by atoms with van der Waals surface area (Å²) < 4.78 is 0. The molecule has 1 N–H and O–H groups in total. The number of hydrogen-bond acceptors (Lipinski definition) is 5. The summed E-state index contributed by atoms with van der Waals surface area (Å²) in [6.45, 7) is 7.88. The van der Waals surface area contributed by atoms with Gasteiger partial charge >= 0.3 is 0 Å². The lowest BCUT2D eigenvalue weighted by atomic mass is 10.2. The first kappa shape index (κ1) is 17.8. The van der Waals surface area contributed by atoms with E-state index in [1.807, 2.05) is 32.1 Å². The van der Waals surface area contributed by atoms with Gasteiger partial charge in [-0.15, -0.1) is 0 Å². The SMILES string of the molecule is C=C(C)S/C(=C\C)c1ccc2cnc(NC(=O)c3ccncc3)cc2n1. The van der Waals surface area contributed by atoms with Crippen molar-refractivity contribution >= 4 is 39.3 Å². The van der Waals surface area contributed by atoms with Gasteiger partial charge in [0.15, 0.2) is 0 Å². The Balaban J connectivity index is 1.89. The largest absolute Gasteiger partial charge is 0.306 e. The topological polar surface area (TPSA) is 67.8 Å². The van der Waals surface area contributed by atoms with Crippen molar-refractivity contribution in [2.75, 3.05) is 5.32 Å². The van der Waals surface area contributed by atoms with Crippen LogP contribution in [-0.4, -0.2) is 20.9 Å². The van der Waals surface area contributed by atoms with Crippen LogP contribution in [0.3, 0.4) is 0 Å². The van der Waals surface area contributed by atoms with Gasteiger partial charge < -0.3 is 5.32 Å². The summed E-state index contributed by atoms with van der Waals surface area (Å²) in [5, 5.41) is 3.70. The third kappa shape index (κ3) is 4.15. The smallest absolute Gasteiger partial charge is 0.256 e. The van der Waals surface area contributed by atoms with Crippen LogP contribution in [0.4, 0.5) is 5.82 Å². The Kier molecular flexibility index (Phi) is 5.43. The number of carbonyl (C=O) groups excluding carboxylic acids is 1. The molecular weight excluding hydrogens is 344 g/mol. The van der Waals surface area contributed by atoms with Gasteiger partial charge in [-0.2, -0.15) is 0 Å². The number of thioether (sulfide) groups is 1. The molecule has 0 bridgehead atoms. The van der Waals surface area contributed by atoms with Gasteiger partial charge in [-0.1, -0.05) is 24.4 Å². The maximum absolute atomic E-state index is 12.3. The van der Waals surface area contributed by atoms with E-state index in [0.717, 1.165) is 26.4 Å². The molecule has 5 nitrogen and oxygen atoms in total. The van der Waals surface area contributed by atoms with E-state index in [-0.39, 0.29) is 5.91 Å². The van der Waals surface area contributed by atoms with Crippen molar-refractivity contribution in [2.24, 2.45) is 0 Å². The van der Waals surface area contributed by atoms with Crippen molar-refractivity contribution in [1.29, 1.82) is 0 Å². The second kappa shape index (κ2) is 7.93. The van der Waals surface area contributed by atoms with Crippen LogP contribution in [0.5, 0.6) is 0 Å². The molecule has 3 heterocycles. The molecule has 0 fully saturated rings. The molecule has 0 aliphatic carbocycles. The third-order valence-electron chi connectivity index (χ3n) is 3.56. The standard InChI is InChI=1S/C20H18N4OS/c1-4-18(26-13(2)3)16-6-5-15-12-22-19(11-17(15)23-16)24-20(25)14-7-9-21-10-8-14/h4-12H,2H2,1,3H3,(H,22,24,25)/b18-4-. The molecular formula is C20H18N4OS. The van der Waals surface area contributed by atoms with Crippen LogP contribution >= 0.6 is 11.8 Å². The molecule has 0 aliphatic heterocycles. The molecule has 3 rings (SSSR count). The quantitative estimate of drug-likeness (QED) is 0.699. The molecule has 6 heteroatoms. The molecule has 0 aliphatic rings. The first-order chi connectivity index (χ1) is 12.6. The normalized spacial score (nSPS) is 11.4. The van der Waals surface area contributed by atoms with Crippen LogP contribution in [-0.2, 0) is 0 Å². The second-order valence-corrected chi connectivity index (χ2v) is 6.95. The summed E-state index contributed by atoms with van der Waals surface area (Å²) in [5.74, 6) is 0.223. The van der Waals surface area contributed by atoms with E-state index in [0.29, 0.717) is 11.4 Å². The van der Waals surface area contributed by atoms with Crippen LogP contribution in [0.25, 0.3) is 15.8 Å². The summed E-state index contributed by atoms with van der Waals surface area (Å²) in [6, 6.07) is 9.02. The number of hydrogen-bond donors (Lipinski definition) is 1. The number of aromatic nitrogens is 3. The fourth-order valence-electron chi connectivity index (χ4n) is 2.36. The molecule has 1 amide bonds. The first-order valence-electron chi connectivity index (χ1n) is 8.05. The average molecular weight is 362 g/mol. The molecule has 0 saturated heterocycles. The second-order valence-electron chi connectivity index (χ2n) is 5.61. The number of allylic oxidation sites excluding steroid dienone is 2. The highest BCUT2D eigenvalue weighted by atomic mass is 32.2. The van der Waals surface area contributed by atoms with Crippen molar-refractivity contribution in [3.63, 3.8) is 0 Å². The molecule has 0 aromatic carbocycles. The predicted molar refractivity (Wildman–Crippen MR) is 108 cm³/mol. The lowest BCUT2D eigenvalue weighted by molar-refractivity contribution is 0.102.